The van der Waals surface area contributed by atoms with Crippen LogP contribution in [0.4, 0.5) is 17.1 Å². The number of thiocarbonyl (C=S) groups is 1. The average molecular weight is 543 g/mol. The fourth-order valence-corrected chi connectivity index (χ4v) is 5.08. The Morgan fingerprint density at radius 3 is 2.69 bits per heavy atom. The van der Waals surface area contributed by atoms with E-state index in [0.717, 1.165) is 17.1 Å². The number of hydrogen-bond acceptors (Lipinski definition) is 6. The van der Waals surface area contributed by atoms with Crippen LogP contribution in [-0.2, 0) is 4.79 Å². The van der Waals surface area contributed by atoms with Crippen molar-refractivity contribution in [3.63, 3.8) is 0 Å². The first-order valence-electron chi connectivity index (χ1n) is 12.3. The van der Waals surface area contributed by atoms with Gasteiger partial charge in [-0.2, -0.15) is 0 Å². The van der Waals surface area contributed by atoms with Gasteiger partial charge in [0.25, 0.3) is 5.69 Å². The van der Waals surface area contributed by atoms with Crippen molar-refractivity contribution in [2.24, 2.45) is 0 Å². The molecule has 2 atom stereocenters. The van der Waals surface area contributed by atoms with Crippen molar-refractivity contribution in [1.29, 1.82) is 0 Å². The molecule has 0 radical (unpaired) electrons. The number of aromatic nitrogens is 2. The summed E-state index contributed by atoms with van der Waals surface area (Å²) < 4.78 is 7.53. The van der Waals surface area contributed by atoms with Crippen LogP contribution in [0.2, 0.25) is 0 Å². The molecule has 0 spiro atoms. The number of anilines is 2. The van der Waals surface area contributed by atoms with Crippen LogP contribution < -0.4 is 20.3 Å². The largest absolute Gasteiger partial charge is 0.494 e. The van der Waals surface area contributed by atoms with Crippen LogP contribution in [0, 0.1) is 10.1 Å². The average Bonchev–Trinajstić information content (AvgIpc) is 3.58. The number of carbonyl (C=O) groups is 1. The third kappa shape index (κ3) is 5.04. The number of rotatable bonds is 8. The zero-order valence-corrected chi connectivity index (χ0v) is 22.1. The molecule has 2 N–H and O–H groups in total. The quantitative estimate of drug-likeness (QED) is 0.175. The van der Waals surface area contributed by atoms with Gasteiger partial charge in [0, 0.05) is 48.4 Å². The lowest BCUT2D eigenvalue weighted by molar-refractivity contribution is -0.384. The molecule has 0 saturated carbocycles. The number of nitrogens with zero attached hydrogens (tertiary/aromatic N) is 4. The lowest BCUT2D eigenvalue weighted by Gasteiger charge is -2.29. The Kier molecular flexibility index (Phi) is 7.24. The van der Waals surface area contributed by atoms with Gasteiger partial charge in [0.05, 0.1) is 35.1 Å². The van der Waals surface area contributed by atoms with Crippen molar-refractivity contribution in [2.45, 2.75) is 25.4 Å². The molecule has 11 heteroatoms. The number of carbonyl (C=O) groups excluding carboxylic acids is 1. The van der Waals surface area contributed by atoms with Gasteiger partial charge in [-0.1, -0.05) is 19.1 Å². The maximum absolute atomic E-state index is 12.0. The Labute approximate surface area is 230 Å². The molecule has 4 aromatic rings. The first-order valence-corrected chi connectivity index (χ1v) is 12.7. The summed E-state index contributed by atoms with van der Waals surface area (Å²) in [6.07, 6.45) is 3.94. The van der Waals surface area contributed by atoms with Gasteiger partial charge in [0.15, 0.2) is 5.11 Å². The molecule has 0 aliphatic carbocycles. The second kappa shape index (κ2) is 10.9. The fourth-order valence-electron chi connectivity index (χ4n) is 4.73. The molecule has 1 amide bonds. The highest BCUT2D eigenvalue weighted by Gasteiger charge is 2.42. The van der Waals surface area contributed by atoms with Gasteiger partial charge >= 0.3 is 0 Å². The molecular weight excluding hydrogens is 516 g/mol. The third-order valence-electron chi connectivity index (χ3n) is 6.56. The summed E-state index contributed by atoms with van der Waals surface area (Å²) in [7, 11) is 1.54. The van der Waals surface area contributed by atoms with E-state index in [9.17, 15) is 14.9 Å². The van der Waals surface area contributed by atoms with Gasteiger partial charge in [-0.3, -0.25) is 19.9 Å². The first-order chi connectivity index (χ1) is 18.9. The minimum atomic E-state index is -0.410. The van der Waals surface area contributed by atoms with Gasteiger partial charge in [0.2, 0.25) is 5.91 Å². The van der Waals surface area contributed by atoms with Crippen LogP contribution in [0.3, 0.4) is 0 Å². The van der Waals surface area contributed by atoms with Gasteiger partial charge in [-0.15, -0.1) is 0 Å². The van der Waals surface area contributed by atoms with Crippen molar-refractivity contribution in [1.82, 2.24) is 14.9 Å². The molecule has 198 valence electrons. The summed E-state index contributed by atoms with van der Waals surface area (Å²) in [5.74, 6) is 0.369. The molecule has 1 aliphatic rings. The van der Waals surface area contributed by atoms with E-state index >= 15 is 0 Å². The van der Waals surface area contributed by atoms with Gasteiger partial charge in [0.1, 0.15) is 11.8 Å². The van der Waals surface area contributed by atoms with E-state index < -0.39 is 4.92 Å². The van der Waals surface area contributed by atoms with Crippen molar-refractivity contribution in [3.05, 3.63) is 107 Å². The summed E-state index contributed by atoms with van der Waals surface area (Å²) in [6, 6.07) is 20.8. The number of benzene rings is 2. The van der Waals surface area contributed by atoms with Crippen molar-refractivity contribution in [3.8, 4) is 11.4 Å². The molecule has 5 rings (SSSR count). The molecule has 1 saturated heterocycles. The van der Waals surface area contributed by atoms with Gasteiger partial charge in [-0.25, -0.2) is 0 Å². The highest BCUT2D eigenvalue weighted by atomic mass is 32.1. The minimum absolute atomic E-state index is 0.000184. The van der Waals surface area contributed by atoms with E-state index in [1.807, 2.05) is 64.2 Å². The molecule has 1 fully saturated rings. The maximum Gasteiger partial charge on any atom is 0.271 e. The lowest BCUT2D eigenvalue weighted by atomic mass is 10.0. The number of hydrogen-bond donors (Lipinski definition) is 2. The molecule has 10 nitrogen and oxygen atoms in total. The number of pyridine rings is 1. The second-order valence-electron chi connectivity index (χ2n) is 8.86. The Hall–Kier alpha value is -4.77. The molecular formula is C28H26N6O4S. The number of nitro groups is 1. The molecule has 2 aromatic heterocycles. The van der Waals surface area contributed by atoms with Crippen molar-refractivity contribution < 1.29 is 14.5 Å². The summed E-state index contributed by atoms with van der Waals surface area (Å²) in [5.41, 5.74) is 3.59. The topological polar surface area (TPSA) is 115 Å². The van der Waals surface area contributed by atoms with E-state index in [4.69, 9.17) is 17.0 Å². The van der Waals surface area contributed by atoms with Crippen molar-refractivity contribution in [2.75, 3.05) is 17.3 Å². The predicted octanol–water partition coefficient (Wildman–Crippen LogP) is 5.31. The van der Waals surface area contributed by atoms with E-state index in [0.29, 0.717) is 28.7 Å². The van der Waals surface area contributed by atoms with E-state index in [-0.39, 0.29) is 23.7 Å². The number of non-ortho nitro benzene ring substituents is 1. The molecule has 0 unspecified atom stereocenters. The van der Waals surface area contributed by atoms with E-state index in [1.165, 1.54) is 6.07 Å². The van der Waals surface area contributed by atoms with Crippen LogP contribution in [0.15, 0.2) is 85.2 Å². The Morgan fingerprint density at radius 2 is 1.97 bits per heavy atom. The van der Waals surface area contributed by atoms with Crippen molar-refractivity contribution >= 4 is 40.3 Å². The SMILES string of the molecule is CCC(=O)Nc1ccc(N2C(=S)N[C@@H](c3ccccn3)[C@H]2c2cccn2-c2cccc([N+](=O)[O-])c2)cc1OC. The summed E-state index contributed by atoms with van der Waals surface area (Å²) >= 11 is 5.84. The zero-order chi connectivity index (χ0) is 27.5. The monoisotopic (exact) mass is 542 g/mol. The van der Waals surface area contributed by atoms with Crippen LogP contribution in [0.25, 0.3) is 5.69 Å². The molecule has 2 aromatic carbocycles. The summed E-state index contributed by atoms with van der Waals surface area (Å²) in [5, 5.41) is 18.2. The summed E-state index contributed by atoms with van der Waals surface area (Å²) in [6.45, 7) is 1.78. The highest BCUT2D eigenvalue weighted by Crippen LogP contribution is 2.44. The minimum Gasteiger partial charge on any atom is -0.494 e. The molecule has 1 aliphatic heterocycles. The molecule has 39 heavy (non-hydrogen) atoms. The number of nitrogens with one attached hydrogen (secondary N) is 2. The molecule has 0 bridgehead atoms. The Morgan fingerprint density at radius 1 is 1.13 bits per heavy atom. The molecule has 3 heterocycles. The normalized spacial score (nSPS) is 16.6. The number of nitro benzene ring substituents is 1. The first kappa shape index (κ1) is 25.9. The van der Waals surface area contributed by atoms with Crippen LogP contribution in [0.1, 0.15) is 36.8 Å². The third-order valence-corrected chi connectivity index (χ3v) is 6.87. The van der Waals surface area contributed by atoms with Gasteiger partial charge in [-0.05, 0) is 54.7 Å². The number of ether oxygens (including phenoxy) is 1. The summed E-state index contributed by atoms with van der Waals surface area (Å²) in [4.78, 5) is 29.7. The maximum atomic E-state index is 12.0. The van der Waals surface area contributed by atoms with Crippen LogP contribution in [0.5, 0.6) is 5.75 Å². The zero-order valence-electron chi connectivity index (χ0n) is 21.3. The number of methoxy groups -OCH3 is 1. The fraction of sp³-hybridized carbons (Fsp3) is 0.179. The number of amides is 1. The lowest BCUT2D eigenvalue weighted by Crippen LogP contribution is -2.30. The Balaban J connectivity index is 1.64. The highest BCUT2D eigenvalue weighted by molar-refractivity contribution is 7.80. The smallest absolute Gasteiger partial charge is 0.271 e. The van der Waals surface area contributed by atoms with E-state index in [2.05, 4.69) is 15.6 Å². The standard InChI is InChI=1S/C28H26N6O4S/c1-3-25(35)30-21-13-12-19(17-24(21)38-2)33-27(26(31-28(33)39)22-10-4-5-14-29-22)23-11-7-15-32(23)18-8-6-9-20(16-18)34(36)37/h4-17,26-27H,3H2,1-2H3,(H,30,35)(H,31,39)/t26-,27+/m0/s1. The van der Waals surface area contributed by atoms with Crippen LogP contribution in [-0.4, -0.2) is 32.6 Å². The van der Waals surface area contributed by atoms with Gasteiger partial charge < -0.3 is 24.8 Å². The second-order valence-corrected chi connectivity index (χ2v) is 9.25. The van der Waals surface area contributed by atoms with E-state index in [1.54, 1.807) is 38.4 Å². The Bertz CT molecular complexity index is 1540. The predicted molar refractivity (Wildman–Crippen MR) is 152 cm³/mol. The van der Waals surface area contributed by atoms with Crippen LogP contribution >= 0.6 is 12.2 Å².